The average Bonchev–Trinajstić information content (AvgIpc) is 2.80. The van der Waals surface area contributed by atoms with Gasteiger partial charge in [0.25, 0.3) is 11.6 Å². The number of hydrogen-bond donors (Lipinski definition) is 1. The molecule has 1 aliphatic heterocycles. The molecule has 1 saturated heterocycles. The van der Waals surface area contributed by atoms with Crippen molar-refractivity contribution in [2.24, 2.45) is 5.92 Å². The van der Waals surface area contributed by atoms with E-state index >= 15 is 0 Å². The van der Waals surface area contributed by atoms with Crippen LogP contribution in [-0.2, 0) is 0 Å². The molecule has 1 N–H and O–H groups in total. The summed E-state index contributed by atoms with van der Waals surface area (Å²) in [5.41, 5.74) is 0.0126. The molecule has 104 valence electrons. The highest BCUT2D eigenvalue weighted by atomic mass is 32.1. The Hall–Kier alpha value is -1.47. The minimum absolute atomic E-state index is 0.0126. The highest BCUT2D eigenvalue weighted by Crippen LogP contribution is 2.29. The average molecular weight is 284 g/mol. The van der Waals surface area contributed by atoms with Crippen molar-refractivity contribution in [3.05, 3.63) is 25.9 Å². The summed E-state index contributed by atoms with van der Waals surface area (Å²) in [7, 11) is 0. The third-order valence-electron chi connectivity index (χ3n) is 3.46. The number of likely N-dealkylation sites (tertiary alicyclic amines) is 1. The Morgan fingerprint density at radius 1 is 1.58 bits per heavy atom. The molecule has 1 aromatic rings. The van der Waals surface area contributed by atoms with Gasteiger partial charge < -0.3 is 10.0 Å². The predicted molar refractivity (Wildman–Crippen MR) is 71.4 cm³/mol. The fourth-order valence-corrected chi connectivity index (χ4v) is 3.19. The van der Waals surface area contributed by atoms with Gasteiger partial charge in [0.1, 0.15) is 0 Å². The maximum Gasteiger partial charge on any atom is 0.283 e. The molecule has 6 nitrogen and oxygen atoms in total. The van der Waals surface area contributed by atoms with Crippen LogP contribution >= 0.6 is 11.3 Å². The van der Waals surface area contributed by atoms with Gasteiger partial charge >= 0.3 is 0 Å². The molecule has 0 unspecified atom stereocenters. The van der Waals surface area contributed by atoms with Crippen molar-refractivity contribution >= 4 is 22.9 Å². The number of thiophene rings is 1. The van der Waals surface area contributed by atoms with Crippen LogP contribution in [-0.4, -0.2) is 40.5 Å². The molecule has 0 saturated carbocycles. The minimum Gasteiger partial charge on any atom is -0.396 e. The fourth-order valence-electron chi connectivity index (χ4n) is 2.23. The molecule has 0 atom stereocenters. The zero-order valence-corrected chi connectivity index (χ0v) is 11.5. The van der Waals surface area contributed by atoms with E-state index in [1.165, 1.54) is 17.4 Å². The normalized spacial score (nSPS) is 16.6. The first-order chi connectivity index (χ1) is 9.02. The van der Waals surface area contributed by atoms with Gasteiger partial charge in [0, 0.05) is 25.8 Å². The molecule has 0 aliphatic carbocycles. The van der Waals surface area contributed by atoms with Crippen LogP contribution in [0.3, 0.4) is 0 Å². The first-order valence-electron chi connectivity index (χ1n) is 6.18. The molecule has 2 rings (SSSR count). The van der Waals surface area contributed by atoms with Gasteiger partial charge in [0.2, 0.25) is 0 Å². The zero-order valence-electron chi connectivity index (χ0n) is 10.7. The Bertz CT molecular complexity index is 492. The summed E-state index contributed by atoms with van der Waals surface area (Å²) in [6.07, 6.45) is 1.57. The summed E-state index contributed by atoms with van der Waals surface area (Å²) >= 11 is 1.17. The standard InChI is InChI=1S/C12H16N2O4S/c1-8-10(14(17)18)6-11(19-8)12(16)13-4-2-9(7-15)3-5-13/h6,9,15H,2-5,7H2,1H3. The third-order valence-corrected chi connectivity index (χ3v) is 4.49. The molecule has 0 radical (unpaired) electrons. The van der Waals surface area contributed by atoms with Crippen LogP contribution in [0.2, 0.25) is 0 Å². The van der Waals surface area contributed by atoms with E-state index in [-0.39, 0.29) is 24.1 Å². The van der Waals surface area contributed by atoms with Crippen molar-refractivity contribution in [3.8, 4) is 0 Å². The van der Waals surface area contributed by atoms with E-state index in [1.54, 1.807) is 11.8 Å². The van der Waals surface area contributed by atoms with E-state index in [2.05, 4.69) is 0 Å². The highest BCUT2D eigenvalue weighted by molar-refractivity contribution is 7.14. The number of aliphatic hydroxyl groups is 1. The van der Waals surface area contributed by atoms with Gasteiger partial charge in [-0.25, -0.2) is 0 Å². The number of nitro groups is 1. The van der Waals surface area contributed by atoms with Crippen LogP contribution in [0, 0.1) is 23.0 Å². The summed E-state index contributed by atoms with van der Waals surface area (Å²) in [6.45, 7) is 3.02. The molecule has 1 aromatic heterocycles. The molecule has 0 spiro atoms. The van der Waals surface area contributed by atoms with Gasteiger partial charge in [-0.3, -0.25) is 14.9 Å². The first-order valence-corrected chi connectivity index (χ1v) is 6.99. The number of carbonyl (C=O) groups is 1. The number of aliphatic hydroxyl groups excluding tert-OH is 1. The minimum atomic E-state index is -0.458. The summed E-state index contributed by atoms with van der Waals surface area (Å²) in [5, 5.41) is 19.8. The second-order valence-corrected chi connectivity index (χ2v) is 5.98. The van der Waals surface area contributed by atoms with Gasteiger partial charge in [-0.2, -0.15) is 0 Å². The van der Waals surface area contributed by atoms with Crippen molar-refractivity contribution in [1.82, 2.24) is 4.90 Å². The van der Waals surface area contributed by atoms with Crippen molar-refractivity contribution in [1.29, 1.82) is 0 Å². The van der Waals surface area contributed by atoms with Gasteiger partial charge in [0.15, 0.2) is 0 Å². The number of amides is 1. The van der Waals surface area contributed by atoms with E-state index in [0.717, 1.165) is 12.8 Å². The molecule has 1 amide bonds. The summed E-state index contributed by atoms with van der Waals surface area (Å²) in [5.74, 6) is 0.126. The highest BCUT2D eigenvalue weighted by Gasteiger charge is 2.26. The van der Waals surface area contributed by atoms with Crippen LogP contribution in [0.15, 0.2) is 6.07 Å². The maximum absolute atomic E-state index is 12.2. The van der Waals surface area contributed by atoms with Crippen LogP contribution < -0.4 is 0 Å². The van der Waals surface area contributed by atoms with Crippen LogP contribution in [0.1, 0.15) is 27.4 Å². The Morgan fingerprint density at radius 2 is 2.21 bits per heavy atom. The van der Waals surface area contributed by atoms with Gasteiger partial charge in [-0.05, 0) is 25.7 Å². The molecule has 1 fully saturated rings. The number of hydrogen-bond acceptors (Lipinski definition) is 5. The second kappa shape index (κ2) is 5.66. The quantitative estimate of drug-likeness (QED) is 0.677. The SMILES string of the molecule is Cc1sc(C(=O)N2CCC(CO)CC2)cc1[N+](=O)[O-]. The van der Waals surface area contributed by atoms with Crippen molar-refractivity contribution in [2.75, 3.05) is 19.7 Å². The van der Waals surface area contributed by atoms with Crippen LogP contribution in [0.5, 0.6) is 0 Å². The Kier molecular flexibility index (Phi) is 4.16. The maximum atomic E-state index is 12.2. The van der Waals surface area contributed by atoms with E-state index < -0.39 is 4.92 Å². The summed E-state index contributed by atoms with van der Waals surface area (Å²) < 4.78 is 0. The van der Waals surface area contributed by atoms with Crippen molar-refractivity contribution in [2.45, 2.75) is 19.8 Å². The molecule has 0 bridgehead atoms. The van der Waals surface area contributed by atoms with E-state index in [1.807, 2.05) is 0 Å². The van der Waals surface area contributed by atoms with E-state index in [4.69, 9.17) is 5.11 Å². The van der Waals surface area contributed by atoms with Gasteiger partial charge in [-0.1, -0.05) is 0 Å². The van der Waals surface area contributed by atoms with Crippen LogP contribution in [0.25, 0.3) is 0 Å². The fraction of sp³-hybridized carbons (Fsp3) is 0.583. The lowest BCUT2D eigenvalue weighted by Crippen LogP contribution is -2.38. The Balaban J connectivity index is 2.08. The number of piperidine rings is 1. The van der Waals surface area contributed by atoms with Crippen molar-refractivity contribution in [3.63, 3.8) is 0 Å². The number of rotatable bonds is 3. The summed E-state index contributed by atoms with van der Waals surface area (Å²) in [4.78, 5) is 25.2. The number of aryl methyl sites for hydroxylation is 1. The number of carbonyl (C=O) groups excluding carboxylic acids is 1. The number of nitrogens with zero attached hydrogens (tertiary/aromatic N) is 2. The molecular formula is C12H16N2O4S. The van der Waals surface area contributed by atoms with E-state index in [0.29, 0.717) is 22.8 Å². The smallest absolute Gasteiger partial charge is 0.283 e. The zero-order chi connectivity index (χ0) is 14.0. The third kappa shape index (κ3) is 2.93. The van der Waals surface area contributed by atoms with E-state index in [9.17, 15) is 14.9 Å². The summed E-state index contributed by atoms with van der Waals surface area (Å²) in [6, 6.07) is 1.36. The van der Waals surface area contributed by atoms with Crippen molar-refractivity contribution < 1.29 is 14.8 Å². The molecule has 0 aromatic carbocycles. The molecule has 19 heavy (non-hydrogen) atoms. The topological polar surface area (TPSA) is 83.7 Å². The Morgan fingerprint density at radius 3 is 2.68 bits per heavy atom. The van der Waals surface area contributed by atoms with Gasteiger partial charge in [-0.15, -0.1) is 11.3 Å². The molecule has 7 heteroatoms. The second-order valence-electron chi connectivity index (χ2n) is 4.73. The lowest BCUT2D eigenvalue weighted by molar-refractivity contribution is -0.385. The largest absolute Gasteiger partial charge is 0.396 e. The first kappa shape index (κ1) is 14.0. The monoisotopic (exact) mass is 284 g/mol. The van der Waals surface area contributed by atoms with Gasteiger partial charge in [0.05, 0.1) is 14.7 Å². The van der Waals surface area contributed by atoms with Crippen LogP contribution in [0.4, 0.5) is 5.69 Å². The predicted octanol–water partition coefficient (Wildman–Crippen LogP) is 1.81. The molecular weight excluding hydrogens is 268 g/mol. The molecule has 1 aliphatic rings. The molecule has 2 heterocycles. The Labute approximate surface area is 114 Å². The lowest BCUT2D eigenvalue weighted by atomic mass is 9.98. The lowest BCUT2D eigenvalue weighted by Gasteiger charge is -2.30.